The average molecular weight is 347 g/mol. The molecule has 1 N–H and O–H groups in total. The summed E-state index contributed by atoms with van der Waals surface area (Å²) in [7, 11) is 0. The van der Waals surface area contributed by atoms with Gasteiger partial charge in [0.15, 0.2) is 17.4 Å². The van der Waals surface area contributed by atoms with Crippen LogP contribution >= 0.6 is 15.9 Å². The number of amides is 1. The predicted molar refractivity (Wildman–Crippen MR) is 67.4 cm³/mol. The van der Waals surface area contributed by atoms with Crippen LogP contribution in [0.15, 0.2) is 33.2 Å². The molecule has 0 saturated carbocycles. The van der Waals surface area contributed by atoms with Crippen LogP contribution < -0.4 is 5.32 Å². The molecule has 20 heavy (non-hydrogen) atoms. The van der Waals surface area contributed by atoms with Crippen molar-refractivity contribution in [1.29, 1.82) is 0 Å². The number of anilines is 1. The van der Waals surface area contributed by atoms with E-state index in [0.717, 1.165) is 24.3 Å². The molecule has 1 heterocycles. The molecule has 9 heteroatoms. The molecule has 0 saturated heterocycles. The fourth-order valence-corrected chi connectivity index (χ4v) is 1.79. The van der Waals surface area contributed by atoms with Crippen LogP contribution in [-0.4, -0.2) is 10.8 Å². The van der Waals surface area contributed by atoms with Crippen LogP contribution in [0.5, 0.6) is 0 Å². The van der Waals surface area contributed by atoms with Crippen LogP contribution in [0.25, 0.3) is 0 Å². The summed E-state index contributed by atoms with van der Waals surface area (Å²) in [5, 5.41) is 12.3. The smallest absolute Gasteiger partial charge is 0.395 e. The highest BCUT2D eigenvalue weighted by molar-refractivity contribution is 9.10. The van der Waals surface area contributed by atoms with Crippen molar-refractivity contribution in [3.8, 4) is 0 Å². The van der Waals surface area contributed by atoms with Crippen molar-refractivity contribution in [3.05, 3.63) is 56.2 Å². The molecule has 0 atom stereocenters. The molecular weight excluding hydrogens is 342 g/mol. The summed E-state index contributed by atoms with van der Waals surface area (Å²) in [6.07, 6.45) is 0. The number of halogens is 3. The number of furan rings is 1. The lowest BCUT2D eigenvalue weighted by atomic mass is 10.3. The second-order valence-corrected chi connectivity index (χ2v) is 4.51. The molecule has 0 aliphatic heterocycles. The quantitative estimate of drug-likeness (QED) is 0.680. The van der Waals surface area contributed by atoms with E-state index in [1.165, 1.54) is 0 Å². The SMILES string of the molecule is O=C(Nc1c(F)cc(Br)cc1F)c1ccc([N+](=O)[O-])o1. The van der Waals surface area contributed by atoms with Gasteiger partial charge in [0, 0.05) is 4.47 Å². The van der Waals surface area contributed by atoms with E-state index in [1.54, 1.807) is 0 Å². The molecule has 1 aromatic heterocycles. The summed E-state index contributed by atoms with van der Waals surface area (Å²) in [6.45, 7) is 0. The molecule has 104 valence electrons. The van der Waals surface area contributed by atoms with Crippen molar-refractivity contribution in [1.82, 2.24) is 0 Å². The first kappa shape index (κ1) is 14.1. The topological polar surface area (TPSA) is 85.4 Å². The Morgan fingerprint density at radius 3 is 2.40 bits per heavy atom. The van der Waals surface area contributed by atoms with E-state index in [0.29, 0.717) is 0 Å². The number of nitro groups is 1. The van der Waals surface area contributed by atoms with Crippen LogP contribution in [0, 0.1) is 21.7 Å². The minimum atomic E-state index is -1.00. The van der Waals surface area contributed by atoms with Crippen molar-refractivity contribution in [2.24, 2.45) is 0 Å². The van der Waals surface area contributed by atoms with Crippen LogP contribution in [-0.2, 0) is 0 Å². The minimum Gasteiger partial charge on any atom is -0.395 e. The van der Waals surface area contributed by atoms with E-state index in [2.05, 4.69) is 20.3 Å². The van der Waals surface area contributed by atoms with Gasteiger partial charge in [-0.15, -0.1) is 0 Å². The maximum Gasteiger partial charge on any atom is 0.433 e. The maximum atomic E-state index is 13.5. The molecule has 0 fully saturated rings. The second kappa shape index (κ2) is 5.37. The molecular formula is C11H5BrF2N2O4. The summed E-state index contributed by atoms with van der Waals surface area (Å²) < 4.78 is 31.8. The predicted octanol–water partition coefficient (Wildman–Crippen LogP) is 3.48. The molecule has 0 aliphatic carbocycles. The van der Waals surface area contributed by atoms with Gasteiger partial charge in [0.05, 0.1) is 6.07 Å². The lowest BCUT2D eigenvalue weighted by Gasteiger charge is -2.06. The van der Waals surface area contributed by atoms with Gasteiger partial charge in [0.1, 0.15) is 10.6 Å². The van der Waals surface area contributed by atoms with Gasteiger partial charge in [-0.25, -0.2) is 8.78 Å². The first-order valence-electron chi connectivity index (χ1n) is 5.08. The minimum absolute atomic E-state index is 0.166. The van der Waals surface area contributed by atoms with E-state index in [1.807, 2.05) is 5.32 Å². The maximum absolute atomic E-state index is 13.5. The fraction of sp³-hybridized carbons (Fsp3) is 0. The molecule has 0 radical (unpaired) electrons. The van der Waals surface area contributed by atoms with Crippen molar-refractivity contribution in [3.63, 3.8) is 0 Å². The second-order valence-electron chi connectivity index (χ2n) is 3.59. The number of hydrogen-bond donors (Lipinski definition) is 1. The average Bonchev–Trinajstić information content (AvgIpc) is 2.83. The molecule has 1 amide bonds. The standard InChI is InChI=1S/C11H5BrF2N2O4/c12-5-3-6(13)10(7(14)4-5)15-11(17)8-1-2-9(20-8)16(18)19/h1-4H,(H,15,17). The van der Waals surface area contributed by atoms with Crippen molar-refractivity contribution < 1.29 is 22.9 Å². The third-order valence-corrected chi connectivity index (χ3v) is 2.70. The van der Waals surface area contributed by atoms with E-state index in [-0.39, 0.29) is 4.47 Å². The van der Waals surface area contributed by atoms with Gasteiger partial charge in [-0.05, 0) is 18.2 Å². The van der Waals surface area contributed by atoms with Crippen molar-refractivity contribution >= 4 is 33.4 Å². The van der Waals surface area contributed by atoms with Crippen LogP contribution in [0.2, 0.25) is 0 Å². The fourth-order valence-electron chi connectivity index (χ4n) is 1.38. The Hall–Kier alpha value is -2.29. The lowest BCUT2D eigenvalue weighted by molar-refractivity contribution is -0.402. The summed E-state index contributed by atoms with van der Waals surface area (Å²) in [6, 6.07) is 3.91. The summed E-state index contributed by atoms with van der Waals surface area (Å²) >= 11 is 2.89. The zero-order valence-corrected chi connectivity index (χ0v) is 11.1. The van der Waals surface area contributed by atoms with Gasteiger partial charge in [0.2, 0.25) is 0 Å². The Balaban J connectivity index is 2.25. The van der Waals surface area contributed by atoms with Gasteiger partial charge in [0.25, 0.3) is 5.91 Å². The first-order valence-corrected chi connectivity index (χ1v) is 5.88. The summed E-state index contributed by atoms with van der Waals surface area (Å²) in [5.41, 5.74) is -0.669. The Morgan fingerprint density at radius 1 is 1.30 bits per heavy atom. The van der Waals surface area contributed by atoms with Gasteiger partial charge in [-0.3, -0.25) is 14.9 Å². The zero-order valence-electron chi connectivity index (χ0n) is 9.52. The molecule has 2 aromatic rings. The number of nitrogens with one attached hydrogen (secondary N) is 1. The molecule has 1 aromatic carbocycles. The van der Waals surface area contributed by atoms with Crippen LogP contribution in [0.4, 0.5) is 20.4 Å². The van der Waals surface area contributed by atoms with Gasteiger partial charge < -0.3 is 9.73 Å². The third-order valence-electron chi connectivity index (χ3n) is 2.24. The normalized spacial score (nSPS) is 10.3. The molecule has 0 aliphatic rings. The molecule has 0 unspecified atom stereocenters. The largest absolute Gasteiger partial charge is 0.433 e. The number of carbonyl (C=O) groups is 1. The number of nitrogens with zero attached hydrogens (tertiary/aromatic N) is 1. The third kappa shape index (κ3) is 2.82. The van der Waals surface area contributed by atoms with Crippen molar-refractivity contribution in [2.45, 2.75) is 0 Å². The lowest BCUT2D eigenvalue weighted by Crippen LogP contribution is -2.13. The van der Waals surface area contributed by atoms with E-state index >= 15 is 0 Å². The number of hydrogen-bond acceptors (Lipinski definition) is 4. The summed E-state index contributed by atoms with van der Waals surface area (Å²) in [5.74, 6) is -4.07. The van der Waals surface area contributed by atoms with E-state index in [4.69, 9.17) is 0 Å². The highest BCUT2D eigenvalue weighted by atomic mass is 79.9. The molecule has 6 nitrogen and oxygen atoms in total. The number of benzene rings is 1. The Labute approximate surface area is 118 Å². The first-order chi connectivity index (χ1) is 9.38. The van der Waals surface area contributed by atoms with E-state index in [9.17, 15) is 23.7 Å². The zero-order chi connectivity index (χ0) is 14.9. The van der Waals surface area contributed by atoms with Crippen LogP contribution in [0.1, 0.15) is 10.6 Å². The van der Waals surface area contributed by atoms with Crippen molar-refractivity contribution in [2.75, 3.05) is 5.32 Å². The van der Waals surface area contributed by atoms with Gasteiger partial charge in [-0.2, -0.15) is 0 Å². The highest BCUT2D eigenvalue weighted by Crippen LogP contribution is 2.25. The van der Waals surface area contributed by atoms with Crippen LogP contribution in [0.3, 0.4) is 0 Å². The van der Waals surface area contributed by atoms with Gasteiger partial charge >= 0.3 is 5.88 Å². The molecule has 2 rings (SSSR count). The molecule has 0 bridgehead atoms. The Bertz CT molecular complexity index is 678. The molecule has 0 spiro atoms. The van der Waals surface area contributed by atoms with Gasteiger partial charge in [-0.1, -0.05) is 15.9 Å². The monoisotopic (exact) mass is 346 g/mol. The number of rotatable bonds is 3. The highest BCUT2D eigenvalue weighted by Gasteiger charge is 2.20. The van der Waals surface area contributed by atoms with E-state index < -0.39 is 39.8 Å². The summed E-state index contributed by atoms with van der Waals surface area (Å²) in [4.78, 5) is 21.2. The number of carbonyl (C=O) groups excluding carboxylic acids is 1. The Kier molecular flexibility index (Phi) is 3.79. The Morgan fingerprint density at radius 2 is 1.90 bits per heavy atom.